The van der Waals surface area contributed by atoms with E-state index in [1.807, 2.05) is 54.6 Å². The molecule has 0 spiro atoms. The monoisotopic (exact) mass is 424 g/mol. The fourth-order valence-corrected chi connectivity index (χ4v) is 4.26. The van der Waals surface area contributed by atoms with Gasteiger partial charge in [-0.3, -0.25) is 9.59 Å². The molecule has 3 aromatic carbocycles. The number of nitrogens with zero attached hydrogens (tertiary/aromatic N) is 3. The van der Waals surface area contributed by atoms with Crippen molar-refractivity contribution >= 4 is 22.6 Å². The summed E-state index contributed by atoms with van der Waals surface area (Å²) in [5.74, 6) is 0.000864. The second-order valence-electron chi connectivity index (χ2n) is 8.71. The number of piperazine rings is 1. The summed E-state index contributed by atoms with van der Waals surface area (Å²) < 4.78 is 0. The minimum absolute atomic E-state index is 0.0188. The van der Waals surface area contributed by atoms with Gasteiger partial charge in [-0.05, 0) is 65.1 Å². The quantitative estimate of drug-likeness (QED) is 0.699. The highest BCUT2D eigenvalue weighted by molar-refractivity contribution is 5.95. The first-order valence-corrected chi connectivity index (χ1v) is 10.9. The molecule has 160 valence electrons. The molecule has 0 atom stereocenters. The first-order valence-electron chi connectivity index (χ1n) is 10.9. The van der Waals surface area contributed by atoms with Crippen molar-refractivity contribution in [2.45, 2.75) is 18.4 Å². The minimum atomic E-state index is -0.652. The van der Waals surface area contributed by atoms with Crippen molar-refractivity contribution in [2.75, 3.05) is 26.2 Å². The fourth-order valence-electron chi connectivity index (χ4n) is 4.26. The highest BCUT2D eigenvalue weighted by Crippen LogP contribution is 2.34. The van der Waals surface area contributed by atoms with E-state index in [1.165, 1.54) is 0 Å². The Hall–Kier alpha value is -3.69. The van der Waals surface area contributed by atoms with E-state index in [0.717, 1.165) is 34.7 Å². The number of amides is 2. The third-order valence-electron chi connectivity index (χ3n) is 6.50. The molecule has 0 aromatic heterocycles. The lowest BCUT2D eigenvalue weighted by Gasteiger charge is -2.36. The first-order chi connectivity index (χ1) is 15.5. The maximum absolute atomic E-state index is 12.9. The summed E-state index contributed by atoms with van der Waals surface area (Å²) in [6, 6.07) is 21.6. The van der Waals surface area contributed by atoms with E-state index >= 15 is 0 Å². The van der Waals surface area contributed by atoms with Crippen LogP contribution in [0.5, 0.6) is 0 Å². The van der Waals surface area contributed by atoms with Crippen molar-refractivity contribution in [1.29, 1.82) is 5.26 Å². The predicted molar refractivity (Wildman–Crippen MR) is 123 cm³/mol. The molecule has 1 aliphatic heterocycles. The lowest BCUT2D eigenvalue weighted by molar-refractivity contribution is -0.135. The van der Waals surface area contributed by atoms with Crippen molar-refractivity contribution < 1.29 is 9.59 Å². The molecule has 0 radical (unpaired) electrons. The number of benzene rings is 3. The molecule has 5 rings (SSSR count). The van der Waals surface area contributed by atoms with Gasteiger partial charge in [0.1, 0.15) is 0 Å². The van der Waals surface area contributed by atoms with Crippen LogP contribution in [0.25, 0.3) is 21.9 Å². The van der Waals surface area contributed by atoms with Gasteiger partial charge in [0.25, 0.3) is 5.91 Å². The Bertz CT molecular complexity index is 1250. The van der Waals surface area contributed by atoms with Gasteiger partial charge >= 0.3 is 0 Å². The number of carbonyl (C=O) groups excluding carboxylic acids is 2. The SMILES string of the molecule is N#Cc1ccc2ccc(-c3ccc(C(=O)N4CCN(C(=O)C5(N)CC5)CC4)cc3)cc2c1. The normalized spacial score (nSPS) is 17.1. The first kappa shape index (κ1) is 20.2. The van der Waals surface area contributed by atoms with Crippen molar-refractivity contribution in [3.8, 4) is 17.2 Å². The number of fused-ring (bicyclic) bond motifs is 1. The number of hydrogen-bond acceptors (Lipinski definition) is 4. The minimum Gasteiger partial charge on any atom is -0.338 e. The molecule has 0 bridgehead atoms. The van der Waals surface area contributed by atoms with E-state index in [2.05, 4.69) is 12.1 Å². The van der Waals surface area contributed by atoms with E-state index in [-0.39, 0.29) is 11.8 Å². The van der Waals surface area contributed by atoms with Crippen LogP contribution in [0, 0.1) is 11.3 Å². The Kier molecular flexibility index (Phi) is 4.91. The second kappa shape index (κ2) is 7.77. The van der Waals surface area contributed by atoms with Crippen LogP contribution in [-0.2, 0) is 4.79 Å². The van der Waals surface area contributed by atoms with Gasteiger partial charge in [-0.1, -0.05) is 30.3 Å². The highest BCUT2D eigenvalue weighted by Gasteiger charge is 2.48. The molecule has 6 heteroatoms. The zero-order chi connectivity index (χ0) is 22.3. The molecule has 0 unspecified atom stereocenters. The molecular weight excluding hydrogens is 400 g/mol. The summed E-state index contributed by atoms with van der Waals surface area (Å²) in [6.07, 6.45) is 1.52. The van der Waals surface area contributed by atoms with Crippen LogP contribution in [0.2, 0.25) is 0 Å². The van der Waals surface area contributed by atoms with Gasteiger partial charge in [-0.25, -0.2) is 0 Å². The van der Waals surface area contributed by atoms with Gasteiger partial charge in [-0.15, -0.1) is 0 Å². The van der Waals surface area contributed by atoms with Crippen molar-refractivity contribution in [3.05, 3.63) is 71.8 Å². The van der Waals surface area contributed by atoms with E-state index < -0.39 is 5.54 Å². The van der Waals surface area contributed by atoms with Crippen LogP contribution < -0.4 is 5.73 Å². The number of carbonyl (C=O) groups is 2. The number of nitriles is 1. The lowest BCUT2D eigenvalue weighted by atomic mass is 9.99. The van der Waals surface area contributed by atoms with E-state index in [4.69, 9.17) is 11.0 Å². The Morgan fingerprint density at radius 3 is 2.09 bits per heavy atom. The molecule has 1 saturated carbocycles. The molecule has 32 heavy (non-hydrogen) atoms. The third-order valence-corrected chi connectivity index (χ3v) is 6.50. The summed E-state index contributed by atoms with van der Waals surface area (Å²) in [4.78, 5) is 28.9. The summed E-state index contributed by atoms with van der Waals surface area (Å²) in [5, 5.41) is 11.2. The van der Waals surface area contributed by atoms with E-state index in [1.54, 1.807) is 9.80 Å². The Morgan fingerprint density at radius 1 is 0.812 bits per heavy atom. The van der Waals surface area contributed by atoms with Crippen LogP contribution in [0.4, 0.5) is 0 Å². The standard InChI is InChI=1S/C26H24N4O2/c27-17-18-1-2-20-5-8-22(16-23(20)15-18)19-3-6-21(7-4-19)24(31)29-11-13-30(14-12-29)25(32)26(28)9-10-26/h1-8,15-16H,9-14,28H2. The lowest BCUT2D eigenvalue weighted by Crippen LogP contribution is -2.55. The maximum atomic E-state index is 12.9. The summed E-state index contributed by atoms with van der Waals surface area (Å²) in [7, 11) is 0. The van der Waals surface area contributed by atoms with Crippen molar-refractivity contribution in [1.82, 2.24) is 9.80 Å². The molecule has 3 aromatic rings. The Balaban J connectivity index is 1.27. The molecule has 6 nitrogen and oxygen atoms in total. The summed E-state index contributed by atoms with van der Waals surface area (Å²) in [5.41, 5.74) is 8.70. The van der Waals surface area contributed by atoms with Gasteiger partial charge in [0.15, 0.2) is 0 Å². The smallest absolute Gasteiger partial charge is 0.253 e. The van der Waals surface area contributed by atoms with Crippen molar-refractivity contribution in [3.63, 3.8) is 0 Å². The van der Waals surface area contributed by atoms with Crippen LogP contribution in [0.15, 0.2) is 60.7 Å². The van der Waals surface area contributed by atoms with E-state index in [0.29, 0.717) is 37.3 Å². The van der Waals surface area contributed by atoms with Crippen molar-refractivity contribution in [2.24, 2.45) is 5.73 Å². The molecule has 1 heterocycles. The van der Waals surface area contributed by atoms with Crippen LogP contribution in [0.3, 0.4) is 0 Å². The number of rotatable bonds is 3. The molecule has 2 N–H and O–H groups in total. The Labute approximate surface area is 186 Å². The van der Waals surface area contributed by atoms with Crippen LogP contribution in [-0.4, -0.2) is 53.3 Å². The average Bonchev–Trinajstić information content (AvgIpc) is 3.61. The molecule has 2 aliphatic rings. The maximum Gasteiger partial charge on any atom is 0.253 e. The second-order valence-corrected chi connectivity index (χ2v) is 8.71. The van der Waals surface area contributed by atoms with Crippen LogP contribution >= 0.6 is 0 Å². The zero-order valence-electron chi connectivity index (χ0n) is 17.8. The summed E-state index contributed by atoms with van der Waals surface area (Å²) >= 11 is 0. The number of nitrogens with two attached hydrogens (primary N) is 1. The molecule has 1 aliphatic carbocycles. The van der Waals surface area contributed by atoms with Gasteiger partial charge < -0.3 is 15.5 Å². The van der Waals surface area contributed by atoms with Gasteiger partial charge in [0.2, 0.25) is 5.91 Å². The van der Waals surface area contributed by atoms with E-state index in [9.17, 15) is 9.59 Å². The summed E-state index contributed by atoms with van der Waals surface area (Å²) in [6.45, 7) is 2.11. The largest absolute Gasteiger partial charge is 0.338 e. The number of hydrogen-bond donors (Lipinski definition) is 1. The van der Waals surface area contributed by atoms with Gasteiger partial charge in [0.05, 0.1) is 17.2 Å². The third kappa shape index (κ3) is 3.72. The molecule has 1 saturated heterocycles. The molecule has 2 fully saturated rings. The zero-order valence-corrected chi connectivity index (χ0v) is 17.8. The van der Waals surface area contributed by atoms with Gasteiger partial charge in [-0.2, -0.15) is 5.26 Å². The van der Waals surface area contributed by atoms with Gasteiger partial charge in [0, 0.05) is 31.7 Å². The topological polar surface area (TPSA) is 90.4 Å². The fraction of sp³-hybridized carbons (Fsp3) is 0.269. The average molecular weight is 425 g/mol. The van der Waals surface area contributed by atoms with Crippen LogP contribution in [0.1, 0.15) is 28.8 Å². The molecule has 2 amide bonds. The Morgan fingerprint density at radius 2 is 1.44 bits per heavy atom. The highest BCUT2D eigenvalue weighted by atomic mass is 16.2. The predicted octanol–water partition coefficient (Wildman–Crippen LogP) is 3.15. The molecular formula is C26H24N4O2.